The molecule has 24 heavy (non-hydrogen) atoms. The monoisotopic (exact) mass is 500 g/mol. The highest BCUT2D eigenvalue weighted by Crippen LogP contribution is 2.33. The summed E-state index contributed by atoms with van der Waals surface area (Å²) in [4.78, 5) is 6.79. The molecular weight excluding hydrogens is 479 g/mol. The summed E-state index contributed by atoms with van der Waals surface area (Å²) in [7, 11) is 0. The minimum absolute atomic E-state index is 0.837. The molecule has 0 spiro atoms. The Balaban J connectivity index is 2.24. The number of benzene rings is 2. The highest BCUT2D eigenvalue weighted by atomic mass is 127. The van der Waals surface area contributed by atoms with Crippen molar-refractivity contribution < 1.29 is 4.74 Å². The summed E-state index contributed by atoms with van der Waals surface area (Å²) >= 11 is 5.80. The standard InChI is InChI=1S/C19H22BrIN2O/c1-5-23(6-2)12-22-18-9-14(4)19(10-13(18)3)24-15-7-8-16(20)17(21)11-15/h7-12H,5-6H2,1-4H3/b22-12+. The van der Waals surface area contributed by atoms with E-state index in [1.165, 1.54) is 0 Å². The molecular formula is C19H22BrIN2O. The SMILES string of the molecule is CCN(/C=N/c1cc(C)c(Oc2ccc(Br)c(I)c2)cc1C)CC. The molecule has 0 aliphatic rings. The van der Waals surface area contributed by atoms with Gasteiger partial charge in [0, 0.05) is 21.1 Å². The minimum Gasteiger partial charge on any atom is -0.457 e. The maximum atomic E-state index is 6.06. The van der Waals surface area contributed by atoms with Gasteiger partial charge < -0.3 is 9.64 Å². The van der Waals surface area contributed by atoms with E-state index in [1.807, 2.05) is 24.5 Å². The van der Waals surface area contributed by atoms with Gasteiger partial charge in [-0.25, -0.2) is 4.99 Å². The van der Waals surface area contributed by atoms with Gasteiger partial charge in [0.05, 0.1) is 12.0 Å². The predicted molar refractivity (Wildman–Crippen MR) is 114 cm³/mol. The molecule has 0 unspecified atom stereocenters. The number of aryl methyl sites for hydroxylation is 2. The van der Waals surface area contributed by atoms with Crippen molar-refractivity contribution in [2.75, 3.05) is 13.1 Å². The van der Waals surface area contributed by atoms with E-state index in [0.29, 0.717) is 0 Å². The summed E-state index contributed by atoms with van der Waals surface area (Å²) in [5.74, 6) is 1.71. The molecule has 0 aliphatic heterocycles. The van der Waals surface area contributed by atoms with Crippen LogP contribution in [0.15, 0.2) is 39.8 Å². The molecule has 0 aromatic heterocycles. The van der Waals surface area contributed by atoms with Gasteiger partial charge >= 0.3 is 0 Å². The van der Waals surface area contributed by atoms with E-state index in [4.69, 9.17) is 4.74 Å². The molecule has 5 heteroatoms. The van der Waals surface area contributed by atoms with E-state index in [-0.39, 0.29) is 0 Å². The van der Waals surface area contributed by atoms with Crippen molar-refractivity contribution in [1.29, 1.82) is 0 Å². The van der Waals surface area contributed by atoms with Crippen molar-refractivity contribution in [3.05, 3.63) is 49.5 Å². The van der Waals surface area contributed by atoms with Crippen molar-refractivity contribution >= 4 is 50.5 Å². The summed E-state index contributed by atoms with van der Waals surface area (Å²) in [6.07, 6.45) is 1.92. The third kappa shape index (κ3) is 4.96. The van der Waals surface area contributed by atoms with Crippen molar-refractivity contribution in [2.45, 2.75) is 27.7 Å². The molecule has 2 rings (SSSR count). The number of rotatable bonds is 6. The van der Waals surface area contributed by atoms with Crippen LogP contribution in [-0.4, -0.2) is 24.3 Å². The van der Waals surface area contributed by atoms with Gasteiger partial charge in [0.25, 0.3) is 0 Å². The second kappa shape index (κ2) is 8.85. The lowest BCUT2D eigenvalue weighted by Crippen LogP contribution is -2.20. The van der Waals surface area contributed by atoms with Crippen LogP contribution in [0, 0.1) is 17.4 Å². The van der Waals surface area contributed by atoms with E-state index in [9.17, 15) is 0 Å². The van der Waals surface area contributed by atoms with Crippen molar-refractivity contribution in [3.8, 4) is 11.5 Å². The number of hydrogen-bond acceptors (Lipinski definition) is 2. The lowest BCUT2D eigenvalue weighted by molar-refractivity contribution is 0.477. The molecule has 0 amide bonds. The predicted octanol–water partition coefficient (Wildman–Crippen LogP) is 6.46. The van der Waals surface area contributed by atoms with Crippen molar-refractivity contribution in [2.24, 2.45) is 4.99 Å². The largest absolute Gasteiger partial charge is 0.457 e. The first-order valence-electron chi connectivity index (χ1n) is 7.97. The topological polar surface area (TPSA) is 24.8 Å². The fourth-order valence-corrected chi connectivity index (χ4v) is 2.95. The Morgan fingerprint density at radius 2 is 1.83 bits per heavy atom. The molecule has 0 bridgehead atoms. The molecule has 0 saturated heterocycles. The molecule has 0 heterocycles. The van der Waals surface area contributed by atoms with Crippen molar-refractivity contribution in [3.63, 3.8) is 0 Å². The summed E-state index contributed by atoms with van der Waals surface area (Å²) in [6, 6.07) is 10.1. The first-order chi connectivity index (χ1) is 11.4. The minimum atomic E-state index is 0.837. The maximum absolute atomic E-state index is 6.06. The smallest absolute Gasteiger partial charge is 0.130 e. The molecule has 0 atom stereocenters. The van der Waals surface area contributed by atoms with E-state index in [2.05, 4.69) is 88.2 Å². The quantitative estimate of drug-likeness (QED) is 0.258. The van der Waals surface area contributed by atoms with Crippen LogP contribution in [-0.2, 0) is 0 Å². The fourth-order valence-electron chi connectivity index (χ4n) is 2.22. The molecule has 0 radical (unpaired) electrons. The fraction of sp³-hybridized carbons (Fsp3) is 0.316. The first kappa shape index (κ1) is 19.2. The van der Waals surface area contributed by atoms with Crippen LogP contribution in [0.4, 0.5) is 5.69 Å². The molecule has 0 fully saturated rings. The number of ether oxygens (including phenoxy) is 1. The van der Waals surface area contributed by atoms with E-state index >= 15 is 0 Å². The lowest BCUT2D eigenvalue weighted by atomic mass is 10.1. The summed E-state index contributed by atoms with van der Waals surface area (Å²) in [5, 5.41) is 0. The summed E-state index contributed by atoms with van der Waals surface area (Å²) in [5.41, 5.74) is 3.16. The van der Waals surface area contributed by atoms with Gasteiger partial charge in [0.2, 0.25) is 0 Å². The second-order valence-corrected chi connectivity index (χ2v) is 7.56. The Morgan fingerprint density at radius 1 is 1.12 bits per heavy atom. The Hall–Kier alpha value is -1.08. The molecule has 2 aromatic rings. The summed E-state index contributed by atoms with van der Waals surface area (Å²) < 4.78 is 8.26. The van der Waals surface area contributed by atoms with E-state index < -0.39 is 0 Å². The zero-order chi connectivity index (χ0) is 17.7. The molecule has 3 nitrogen and oxygen atoms in total. The van der Waals surface area contributed by atoms with Crippen LogP contribution < -0.4 is 4.74 Å². The van der Waals surface area contributed by atoms with Gasteiger partial charge in [0.1, 0.15) is 11.5 Å². The lowest BCUT2D eigenvalue weighted by Gasteiger charge is -2.15. The van der Waals surface area contributed by atoms with Gasteiger partial charge in [-0.05, 0) is 108 Å². The zero-order valence-corrected chi connectivity index (χ0v) is 18.2. The number of aliphatic imine (C=N–C) groups is 1. The third-order valence-electron chi connectivity index (χ3n) is 3.78. The maximum Gasteiger partial charge on any atom is 0.130 e. The average molecular weight is 501 g/mol. The normalized spacial score (nSPS) is 11.1. The van der Waals surface area contributed by atoms with Crippen LogP contribution in [0.25, 0.3) is 0 Å². The van der Waals surface area contributed by atoms with Crippen LogP contribution in [0.1, 0.15) is 25.0 Å². The van der Waals surface area contributed by atoms with Gasteiger partial charge in [-0.15, -0.1) is 0 Å². The Kier molecular flexibility index (Phi) is 7.10. The van der Waals surface area contributed by atoms with Crippen LogP contribution >= 0.6 is 38.5 Å². The van der Waals surface area contributed by atoms with Crippen LogP contribution in [0.2, 0.25) is 0 Å². The molecule has 128 valence electrons. The first-order valence-corrected chi connectivity index (χ1v) is 9.84. The van der Waals surface area contributed by atoms with Gasteiger partial charge in [-0.3, -0.25) is 0 Å². The summed E-state index contributed by atoms with van der Waals surface area (Å²) in [6.45, 7) is 10.3. The van der Waals surface area contributed by atoms with Gasteiger partial charge in [-0.2, -0.15) is 0 Å². The zero-order valence-electron chi connectivity index (χ0n) is 14.4. The van der Waals surface area contributed by atoms with Crippen molar-refractivity contribution in [1.82, 2.24) is 4.90 Å². The van der Waals surface area contributed by atoms with Gasteiger partial charge in [-0.1, -0.05) is 0 Å². The molecule has 2 aromatic carbocycles. The highest BCUT2D eigenvalue weighted by molar-refractivity contribution is 14.1. The molecule has 0 saturated carbocycles. The third-order valence-corrected chi connectivity index (χ3v) is 6.11. The van der Waals surface area contributed by atoms with E-state index in [1.54, 1.807) is 0 Å². The Labute approximate surface area is 166 Å². The second-order valence-electron chi connectivity index (χ2n) is 5.55. The highest BCUT2D eigenvalue weighted by Gasteiger charge is 2.08. The number of hydrogen-bond donors (Lipinski definition) is 0. The van der Waals surface area contributed by atoms with Gasteiger partial charge in [0.15, 0.2) is 0 Å². The average Bonchev–Trinajstić information content (AvgIpc) is 2.56. The number of nitrogens with zero attached hydrogens (tertiary/aromatic N) is 2. The Morgan fingerprint density at radius 3 is 2.46 bits per heavy atom. The van der Waals surface area contributed by atoms with Crippen LogP contribution in [0.3, 0.4) is 0 Å². The van der Waals surface area contributed by atoms with E-state index in [0.717, 1.165) is 49.4 Å². The van der Waals surface area contributed by atoms with Crippen LogP contribution in [0.5, 0.6) is 11.5 Å². The molecule has 0 aliphatic carbocycles. The molecule has 0 N–H and O–H groups in total. The Bertz CT molecular complexity index is 742. The number of halogens is 2.